The Morgan fingerprint density at radius 2 is 2.14 bits per heavy atom. The van der Waals surface area contributed by atoms with Crippen molar-refractivity contribution in [1.29, 1.82) is 0 Å². The molecule has 1 aliphatic rings. The fraction of sp³-hybridized carbons (Fsp3) is 0.778. The maximum atomic E-state index is 11.3. The van der Waals surface area contributed by atoms with Gasteiger partial charge in [0.15, 0.2) is 0 Å². The lowest BCUT2D eigenvalue weighted by atomic mass is 10.4. The fourth-order valence-corrected chi connectivity index (χ4v) is 1.31. The van der Waals surface area contributed by atoms with Gasteiger partial charge in [0.2, 0.25) is 11.8 Å². The number of hydrogen-bond acceptors (Lipinski definition) is 3. The molecule has 2 amide bonds. The molecule has 14 heavy (non-hydrogen) atoms. The number of amides is 2. The minimum atomic E-state index is -0.353. The Labute approximate surface area is 89.4 Å². The second kappa shape index (κ2) is 4.68. The molecule has 1 saturated carbocycles. The molecule has 1 unspecified atom stereocenters. The van der Waals surface area contributed by atoms with E-state index in [0.717, 1.165) is 12.8 Å². The van der Waals surface area contributed by atoms with Crippen LogP contribution in [0.4, 0.5) is 0 Å². The number of thiol groups is 1. The molecule has 1 N–H and O–H groups in total. The van der Waals surface area contributed by atoms with Gasteiger partial charge in [-0.25, -0.2) is 0 Å². The van der Waals surface area contributed by atoms with E-state index in [-0.39, 0.29) is 23.6 Å². The molecule has 80 valence electrons. The summed E-state index contributed by atoms with van der Waals surface area (Å²) in [7, 11) is 1.61. The van der Waals surface area contributed by atoms with Gasteiger partial charge >= 0.3 is 0 Å². The Morgan fingerprint density at radius 1 is 1.57 bits per heavy atom. The van der Waals surface area contributed by atoms with Crippen LogP contribution in [0, 0.1) is 0 Å². The number of carbonyl (C=O) groups excluding carboxylic acids is 2. The van der Waals surface area contributed by atoms with E-state index in [4.69, 9.17) is 0 Å². The zero-order chi connectivity index (χ0) is 10.7. The topological polar surface area (TPSA) is 49.4 Å². The monoisotopic (exact) mass is 216 g/mol. The smallest absolute Gasteiger partial charge is 0.239 e. The Hall–Kier alpha value is -0.710. The molecule has 0 spiro atoms. The summed E-state index contributed by atoms with van der Waals surface area (Å²) < 4.78 is 0. The van der Waals surface area contributed by atoms with Crippen LogP contribution in [-0.2, 0) is 9.59 Å². The highest BCUT2D eigenvalue weighted by molar-refractivity contribution is 7.81. The van der Waals surface area contributed by atoms with Gasteiger partial charge in [0.1, 0.15) is 0 Å². The molecule has 0 heterocycles. The largest absolute Gasteiger partial charge is 0.352 e. The van der Waals surface area contributed by atoms with E-state index in [0.29, 0.717) is 6.04 Å². The van der Waals surface area contributed by atoms with E-state index in [1.807, 2.05) is 0 Å². The SMILES string of the molecule is CC(S)C(=O)N(C)CC(=O)NC1CC1. The Bertz CT molecular complexity index is 239. The van der Waals surface area contributed by atoms with Crippen molar-refractivity contribution in [2.75, 3.05) is 13.6 Å². The summed E-state index contributed by atoms with van der Waals surface area (Å²) in [6.07, 6.45) is 2.12. The zero-order valence-corrected chi connectivity index (χ0v) is 9.38. The first-order valence-corrected chi connectivity index (χ1v) is 5.24. The predicted molar refractivity (Wildman–Crippen MR) is 57.2 cm³/mol. The summed E-state index contributed by atoms with van der Waals surface area (Å²) in [6.45, 7) is 1.82. The molecular formula is C9H16N2O2S. The van der Waals surface area contributed by atoms with E-state index in [1.165, 1.54) is 4.90 Å². The Balaban J connectivity index is 2.27. The van der Waals surface area contributed by atoms with Gasteiger partial charge in [-0.1, -0.05) is 0 Å². The van der Waals surface area contributed by atoms with Crippen LogP contribution >= 0.6 is 12.6 Å². The lowest BCUT2D eigenvalue weighted by Gasteiger charge is -2.18. The Morgan fingerprint density at radius 3 is 2.57 bits per heavy atom. The molecule has 1 fully saturated rings. The summed E-state index contributed by atoms with van der Waals surface area (Å²) in [5.74, 6) is -0.211. The number of likely N-dealkylation sites (N-methyl/N-ethyl adjacent to an activating group) is 1. The third kappa shape index (κ3) is 3.57. The molecule has 4 nitrogen and oxygen atoms in total. The third-order valence-electron chi connectivity index (χ3n) is 2.06. The Kier molecular flexibility index (Phi) is 3.80. The van der Waals surface area contributed by atoms with Crippen molar-refractivity contribution in [3.8, 4) is 0 Å². The molecule has 1 aliphatic carbocycles. The van der Waals surface area contributed by atoms with Crippen molar-refractivity contribution in [2.45, 2.75) is 31.1 Å². The second-order valence-electron chi connectivity index (χ2n) is 3.71. The van der Waals surface area contributed by atoms with Gasteiger partial charge in [0.05, 0.1) is 11.8 Å². The van der Waals surface area contributed by atoms with Gasteiger partial charge in [0.25, 0.3) is 0 Å². The number of hydrogen-bond donors (Lipinski definition) is 2. The van der Waals surface area contributed by atoms with Crippen molar-refractivity contribution in [3.05, 3.63) is 0 Å². The normalized spacial score (nSPS) is 17.4. The third-order valence-corrected chi connectivity index (χ3v) is 2.28. The lowest BCUT2D eigenvalue weighted by molar-refractivity contribution is -0.134. The van der Waals surface area contributed by atoms with E-state index in [9.17, 15) is 9.59 Å². The van der Waals surface area contributed by atoms with Gasteiger partial charge < -0.3 is 10.2 Å². The van der Waals surface area contributed by atoms with Crippen LogP contribution in [0.5, 0.6) is 0 Å². The van der Waals surface area contributed by atoms with Crippen LogP contribution in [-0.4, -0.2) is 41.6 Å². The maximum Gasteiger partial charge on any atom is 0.239 e. The molecule has 0 aromatic carbocycles. The van der Waals surface area contributed by atoms with Crippen molar-refractivity contribution < 1.29 is 9.59 Å². The fourth-order valence-electron chi connectivity index (χ4n) is 1.11. The second-order valence-corrected chi connectivity index (χ2v) is 4.49. The predicted octanol–water partition coefficient (Wildman–Crippen LogP) is 0.0417. The lowest BCUT2D eigenvalue weighted by Crippen LogP contribution is -2.41. The number of nitrogens with one attached hydrogen (secondary N) is 1. The van der Waals surface area contributed by atoms with E-state index in [2.05, 4.69) is 17.9 Å². The number of rotatable bonds is 4. The molecule has 0 saturated heterocycles. The molecule has 0 bridgehead atoms. The van der Waals surface area contributed by atoms with Crippen LogP contribution in [0.3, 0.4) is 0 Å². The van der Waals surface area contributed by atoms with Gasteiger partial charge in [-0.3, -0.25) is 9.59 Å². The van der Waals surface area contributed by atoms with Gasteiger partial charge in [-0.05, 0) is 19.8 Å². The van der Waals surface area contributed by atoms with E-state index in [1.54, 1.807) is 14.0 Å². The van der Waals surface area contributed by atoms with Crippen molar-refractivity contribution in [2.24, 2.45) is 0 Å². The molecule has 0 aromatic rings. The molecular weight excluding hydrogens is 200 g/mol. The first kappa shape index (κ1) is 11.4. The molecule has 5 heteroatoms. The highest BCUT2D eigenvalue weighted by Crippen LogP contribution is 2.18. The van der Waals surface area contributed by atoms with E-state index >= 15 is 0 Å². The quantitative estimate of drug-likeness (QED) is 0.652. The molecule has 0 aromatic heterocycles. The van der Waals surface area contributed by atoms with Crippen LogP contribution in [0.15, 0.2) is 0 Å². The summed E-state index contributed by atoms with van der Waals surface area (Å²) >= 11 is 4.01. The van der Waals surface area contributed by atoms with Gasteiger partial charge in [-0.2, -0.15) is 12.6 Å². The van der Waals surface area contributed by atoms with Crippen LogP contribution < -0.4 is 5.32 Å². The zero-order valence-electron chi connectivity index (χ0n) is 8.49. The first-order chi connectivity index (χ1) is 6.50. The van der Waals surface area contributed by atoms with Crippen molar-refractivity contribution in [3.63, 3.8) is 0 Å². The van der Waals surface area contributed by atoms with Crippen LogP contribution in [0.2, 0.25) is 0 Å². The van der Waals surface area contributed by atoms with Gasteiger partial charge in [-0.15, -0.1) is 0 Å². The van der Waals surface area contributed by atoms with Crippen molar-refractivity contribution >= 4 is 24.4 Å². The number of nitrogens with zero attached hydrogens (tertiary/aromatic N) is 1. The minimum absolute atomic E-state index is 0.0858. The molecule has 0 radical (unpaired) electrons. The van der Waals surface area contributed by atoms with Crippen LogP contribution in [0.25, 0.3) is 0 Å². The first-order valence-electron chi connectivity index (χ1n) is 4.73. The summed E-state index contributed by atoms with van der Waals surface area (Å²) in [6, 6.07) is 0.347. The van der Waals surface area contributed by atoms with Crippen LogP contribution in [0.1, 0.15) is 19.8 Å². The van der Waals surface area contributed by atoms with Crippen molar-refractivity contribution in [1.82, 2.24) is 10.2 Å². The highest BCUT2D eigenvalue weighted by Gasteiger charge is 2.24. The molecule has 1 rings (SSSR count). The molecule has 1 atom stereocenters. The minimum Gasteiger partial charge on any atom is -0.352 e. The summed E-state index contributed by atoms with van der Waals surface area (Å²) in [4.78, 5) is 24.0. The average molecular weight is 216 g/mol. The standard InChI is InChI=1S/C9H16N2O2S/c1-6(14)9(13)11(2)5-8(12)10-7-3-4-7/h6-7,14H,3-5H2,1-2H3,(H,10,12). The van der Waals surface area contributed by atoms with E-state index < -0.39 is 0 Å². The average Bonchev–Trinajstić information content (AvgIpc) is 2.86. The maximum absolute atomic E-state index is 11.3. The number of carbonyl (C=O) groups is 2. The molecule has 0 aliphatic heterocycles. The van der Waals surface area contributed by atoms with Gasteiger partial charge in [0, 0.05) is 13.1 Å². The highest BCUT2D eigenvalue weighted by atomic mass is 32.1. The summed E-state index contributed by atoms with van der Waals surface area (Å²) in [5, 5.41) is 2.47. The summed E-state index contributed by atoms with van der Waals surface area (Å²) in [5.41, 5.74) is 0.